The second-order valence-corrected chi connectivity index (χ2v) is 4.19. The highest BCUT2D eigenvalue weighted by atomic mass is 79.9. The molecule has 3 N–H and O–H groups in total. The van der Waals surface area contributed by atoms with E-state index < -0.39 is 24.0 Å². The summed E-state index contributed by atoms with van der Waals surface area (Å²) in [5.41, 5.74) is 4.76. The summed E-state index contributed by atoms with van der Waals surface area (Å²) in [5, 5.41) is 1.80. The normalized spacial score (nSPS) is 12.1. The standard InChI is InChI=1S/C11H11BrN2O5/c1-6(10(16)14-11(13)17)18-9(15)5-3-7-2-4-8(12)19-7/h2-6H,1H3,(H3,13,14,16,17)/b5-3+/t6-/m0/s1. The van der Waals surface area contributed by atoms with Crippen molar-refractivity contribution in [2.24, 2.45) is 5.73 Å². The number of hydrogen-bond donors (Lipinski definition) is 2. The zero-order chi connectivity index (χ0) is 14.4. The third kappa shape index (κ3) is 5.38. The number of amides is 3. The molecule has 0 fully saturated rings. The van der Waals surface area contributed by atoms with E-state index in [2.05, 4.69) is 15.9 Å². The van der Waals surface area contributed by atoms with Gasteiger partial charge in [0.25, 0.3) is 5.91 Å². The summed E-state index contributed by atoms with van der Waals surface area (Å²) in [6.07, 6.45) is 1.35. The number of primary amides is 1. The van der Waals surface area contributed by atoms with Gasteiger partial charge in [0.2, 0.25) is 0 Å². The molecule has 0 radical (unpaired) electrons. The van der Waals surface area contributed by atoms with Gasteiger partial charge in [-0.3, -0.25) is 10.1 Å². The van der Waals surface area contributed by atoms with Crippen LogP contribution in [0.1, 0.15) is 12.7 Å². The van der Waals surface area contributed by atoms with Gasteiger partial charge < -0.3 is 14.9 Å². The minimum atomic E-state index is -1.13. The summed E-state index contributed by atoms with van der Waals surface area (Å²) in [4.78, 5) is 33.0. The topological polar surface area (TPSA) is 112 Å². The van der Waals surface area contributed by atoms with Gasteiger partial charge in [0, 0.05) is 6.08 Å². The number of carbonyl (C=O) groups is 3. The van der Waals surface area contributed by atoms with Crippen molar-refractivity contribution < 1.29 is 23.5 Å². The second kappa shape index (κ2) is 6.74. The van der Waals surface area contributed by atoms with Crippen molar-refractivity contribution in [3.05, 3.63) is 28.6 Å². The molecule has 1 atom stereocenters. The van der Waals surface area contributed by atoms with Crippen LogP contribution in [0, 0.1) is 0 Å². The molecule has 1 aromatic heterocycles. The highest BCUT2D eigenvalue weighted by Crippen LogP contribution is 2.15. The van der Waals surface area contributed by atoms with Crippen LogP contribution in [0.4, 0.5) is 4.79 Å². The Hall–Kier alpha value is -2.09. The van der Waals surface area contributed by atoms with Gasteiger partial charge in [-0.25, -0.2) is 9.59 Å². The summed E-state index contributed by atoms with van der Waals surface area (Å²) in [6, 6.07) is 2.29. The van der Waals surface area contributed by atoms with Gasteiger partial charge in [-0.2, -0.15) is 0 Å². The van der Waals surface area contributed by atoms with Gasteiger partial charge in [-0.1, -0.05) is 0 Å². The van der Waals surface area contributed by atoms with Crippen LogP contribution in [0.2, 0.25) is 0 Å². The number of ether oxygens (including phenoxy) is 1. The average Bonchev–Trinajstić information content (AvgIpc) is 2.71. The van der Waals surface area contributed by atoms with Crippen LogP contribution in [-0.2, 0) is 14.3 Å². The van der Waals surface area contributed by atoms with Crippen LogP contribution in [-0.4, -0.2) is 24.0 Å². The summed E-state index contributed by atoms with van der Waals surface area (Å²) in [5.74, 6) is -1.10. The van der Waals surface area contributed by atoms with Crippen molar-refractivity contribution in [2.45, 2.75) is 13.0 Å². The first-order chi connectivity index (χ1) is 8.88. The maximum atomic E-state index is 11.4. The monoisotopic (exact) mass is 330 g/mol. The Morgan fingerprint density at radius 2 is 2.16 bits per heavy atom. The summed E-state index contributed by atoms with van der Waals surface area (Å²) >= 11 is 3.11. The number of carbonyl (C=O) groups excluding carboxylic acids is 3. The van der Waals surface area contributed by atoms with E-state index in [1.165, 1.54) is 13.0 Å². The Morgan fingerprint density at radius 1 is 1.47 bits per heavy atom. The summed E-state index contributed by atoms with van der Waals surface area (Å²) in [6.45, 7) is 1.31. The van der Waals surface area contributed by atoms with E-state index in [0.717, 1.165) is 6.08 Å². The third-order valence-corrected chi connectivity index (χ3v) is 2.31. The number of furan rings is 1. The quantitative estimate of drug-likeness (QED) is 0.636. The minimum absolute atomic E-state index is 0.443. The highest BCUT2D eigenvalue weighted by Gasteiger charge is 2.17. The molecule has 0 spiro atoms. The van der Waals surface area contributed by atoms with E-state index in [9.17, 15) is 14.4 Å². The number of imide groups is 1. The number of hydrogen-bond acceptors (Lipinski definition) is 5. The molecule has 0 saturated carbocycles. The molecule has 8 heteroatoms. The first-order valence-corrected chi connectivity index (χ1v) is 5.92. The molecule has 7 nitrogen and oxygen atoms in total. The molecule has 0 unspecified atom stereocenters. The smallest absolute Gasteiger partial charge is 0.331 e. The Morgan fingerprint density at radius 3 is 2.68 bits per heavy atom. The average molecular weight is 331 g/mol. The number of urea groups is 1. The fraction of sp³-hybridized carbons (Fsp3) is 0.182. The van der Waals surface area contributed by atoms with Crippen LogP contribution < -0.4 is 11.1 Å². The van der Waals surface area contributed by atoms with E-state index in [1.807, 2.05) is 0 Å². The van der Waals surface area contributed by atoms with Crippen LogP contribution >= 0.6 is 15.9 Å². The molecule has 1 heterocycles. The Balaban J connectivity index is 2.48. The maximum Gasteiger partial charge on any atom is 0.331 e. The van der Waals surface area contributed by atoms with Crippen LogP contribution in [0.25, 0.3) is 6.08 Å². The predicted octanol–water partition coefficient (Wildman–Crippen LogP) is 1.18. The highest BCUT2D eigenvalue weighted by molar-refractivity contribution is 9.10. The Kier molecular flexibility index (Phi) is 5.31. The van der Waals surface area contributed by atoms with Gasteiger partial charge in [0.05, 0.1) is 0 Å². The van der Waals surface area contributed by atoms with Gasteiger partial charge in [0.1, 0.15) is 5.76 Å². The first-order valence-electron chi connectivity index (χ1n) is 5.13. The molecule has 19 heavy (non-hydrogen) atoms. The molecule has 102 valence electrons. The number of nitrogens with two attached hydrogens (primary N) is 1. The molecule has 3 amide bonds. The molecular formula is C11H11BrN2O5. The van der Waals surface area contributed by atoms with Crippen molar-refractivity contribution in [2.75, 3.05) is 0 Å². The molecule has 1 rings (SSSR count). The lowest BCUT2D eigenvalue weighted by atomic mass is 10.3. The van der Waals surface area contributed by atoms with E-state index in [1.54, 1.807) is 17.4 Å². The zero-order valence-corrected chi connectivity index (χ0v) is 11.5. The summed E-state index contributed by atoms with van der Waals surface area (Å²) < 4.78 is 10.4. The SMILES string of the molecule is C[C@H](OC(=O)/C=C/c1ccc(Br)o1)C(=O)NC(N)=O. The number of rotatable bonds is 4. The van der Waals surface area contributed by atoms with Crippen LogP contribution in [0.5, 0.6) is 0 Å². The zero-order valence-electron chi connectivity index (χ0n) is 9.88. The molecule has 0 aromatic carbocycles. The van der Waals surface area contributed by atoms with Crippen LogP contribution in [0.15, 0.2) is 27.3 Å². The Bertz CT molecular complexity index is 523. The lowest BCUT2D eigenvalue weighted by Gasteiger charge is -2.09. The lowest BCUT2D eigenvalue weighted by molar-refractivity contribution is -0.149. The van der Waals surface area contributed by atoms with E-state index in [-0.39, 0.29) is 0 Å². The largest absolute Gasteiger partial charge is 0.450 e. The van der Waals surface area contributed by atoms with Gasteiger partial charge in [-0.15, -0.1) is 0 Å². The first kappa shape index (κ1) is 15.0. The molecule has 0 aliphatic heterocycles. The van der Waals surface area contributed by atoms with Gasteiger partial charge in [-0.05, 0) is 41.1 Å². The molecule has 0 bridgehead atoms. The molecule has 1 aromatic rings. The lowest BCUT2D eigenvalue weighted by Crippen LogP contribution is -2.42. The third-order valence-electron chi connectivity index (χ3n) is 1.89. The van der Waals surface area contributed by atoms with Crippen molar-refractivity contribution >= 4 is 39.9 Å². The fourth-order valence-corrected chi connectivity index (χ4v) is 1.38. The Labute approximate surface area is 116 Å². The molecule has 0 aliphatic carbocycles. The van der Waals surface area contributed by atoms with Crippen molar-refractivity contribution in [3.63, 3.8) is 0 Å². The van der Waals surface area contributed by atoms with Gasteiger partial charge >= 0.3 is 12.0 Å². The number of halogens is 1. The molecule has 0 aliphatic rings. The van der Waals surface area contributed by atoms with E-state index >= 15 is 0 Å². The van der Waals surface area contributed by atoms with Gasteiger partial charge in [0.15, 0.2) is 10.8 Å². The number of esters is 1. The number of nitrogens with one attached hydrogen (secondary N) is 1. The van der Waals surface area contributed by atoms with Crippen molar-refractivity contribution in [1.29, 1.82) is 0 Å². The fourth-order valence-electron chi connectivity index (χ4n) is 1.06. The summed E-state index contributed by atoms with van der Waals surface area (Å²) in [7, 11) is 0. The van der Waals surface area contributed by atoms with E-state index in [0.29, 0.717) is 10.4 Å². The maximum absolute atomic E-state index is 11.4. The van der Waals surface area contributed by atoms with Crippen molar-refractivity contribution in [3.8, 4) is 0 Å². The van der Waals surface area contributed by atoms with E-state index in [4.69, 9.17) is 14.9 Å². The molecular weight excluding hydrogens is 320 g/mol. The van der Waals surface area contributed by atoms with Crippen molar-refractivity contribution in [1.82, 2.24) is 5.32 Å². The second-order valence-electron chi connectivity index (χ2n) is 3.41. The minimum Gasteiger partial charge on any atom is -0.450 e. The predicted molar refractivity (Wildman–Crippen MR) is 68.7 cm³/mol. The van der Waals surface area contributed by atoms with Crippen LogP contribution in [0.3, 0.4) is 0 Å². The molecule has 0 saturated heterocycles.